The van der Waals surface area contributed by atoms with Crippen LogP contribution in [0.3, 0.4) is 0 Å². The first-order chi connectivity index (χ1) is 9.08. The number of aliphatic imine (C=N–C) groups is 1. The van der Waals surface area contributed by atoms with E-state index >= 15 is 0 Å². The van der Waals surface area contributed by atoms with Crippen LogP contribution in [0.5, 0.6) is 5.75 Å². The van der Waals surface area contributed by atoms with Crippen molar-refractivity contribution in [1.82, 2.24) is 0 Å². The van der Waals surface area contributed by atoms with Crippen LogP contribution in [0.4, 0.5) is 4.39 Å². The summed E-state index contributed by atoms with van der Waals surface area (Å²) >= 11 is 5.72. The van der Waals surface area contributed by atoms with Gasteiger partial charge in [0.1, 0.15) is 24.3 Å². The minimum atomic E-state index is -0.455. The Hall–Kier alpha value is -1.49. The van der Waals surface area contributed by atoms with Gasteiger partial charge >= 0.3 is 0 Å². The second-order valence-corrected chi connectivity index (χ2v) is 4.80. The number of nitrogens with two attached hydrogens (primary N) is 1. The van der Waals surface area contributed by atoms with E-state index in [1.807, 2.05) is 6.92 Å². The van der Waals surface area contributed by atoms with Gasteiger partial charge in [0.05, 0.1) is 11.1 Å². The normalized spacial score (nSPS) is 19.7. The van der Waals surface area contributed by atoms with Gasteiger partial charge in [-0.15, -0.1) is 0 Å². The molecule has 0 saturated heterocycles. The molecule has 0 aromatic heterocycles. The predicted molar refractivity (Wildman–Crippen MR) is 72.1 cm³/mol. The van der Waals surface area contributed by atoms with Gasteiger partial charge in [0.25, 0.3) is 6.02 Å². The van der Waals surface area contributed by atoms with Crippen LogP contribution in [0, 0.1) is 5.82 Å². The van der Waals surface area contributed by atoms with Crippen molar-refractivity contribution >= 4 is 17.6 Å². The zero-order valence-electron chi connectivity index (χ0n) is 10.6. The van der Waals surface area contributed by atoms with Gasteiger partial charge in [-0.25, -0.2) is 9.38 Å². The molecule has 1 aliphatic rings. The summed E-state index contributed by atoms with van der Waals surface area (Å²) in [6, 6.07) is 4.57. The first-order valence-electron chi connectivity index (χ1n) is 6.16. The molecule has 0 amide bonds. The van der Waals surface area contributed by atoms with Crippen LogP contribution >= 0.6 is 11.6 Å². The lowest BCUT2D eigenvalue weighted by atomic mass is 10.1. The molecule has 1 aromatic carbocycles. The lowest BCUT2D eigenvalue weighted by Gasteiger charge is -2.19. The molecular formula is C13H16ClFN2O2. The van der Waals surface area contributed by atoms with Crippen LogP contribution in [0.2, 0.25) is 5.02 Å². The third-order valence-corrected chi connectivity index (χ3v) is 3.21. The second-order valence-electron chi connectivity index (χ2n) is 4.39. The summed E-state index contributed by atoms with van der Waals surface area (Å²) in [6.45, 7) is 2.49. The molecule has 1 aromatic rings. The molecule has 4 nitrogen and oxygen atoms in total. The molecule has 2 atom stereocenters. The lowest BCUT2D eigenvalue weighted by Crippen LogP contribution is -2.22. The third kappa shape index (κ3) is 3.73. The summed E-state index contributed by atoms with van der Waals surface area (Å²) in [4.78, 5) is 4.16. The van der Waals surface area contributed by atoms with E-state index in [-0.39, 0.29) is 23.2 Å². The van der Waals surface area contributed by atoms with E-state index in [2.05, 4.69) is 4.99 Å². The van der Waals surface area contributed by atoms with Gasteiger partial charge in [0, 0.05) is 12.5 Å². The first-order valence-corrected chi connectivity index (χ1v) is 6.54. The van der Waals surface area contributed by atoms with E-state index < -0.39 is 5.82 Å². The van der Waals surface area contributed by atoms with Crippen LogP contribution in [0.15, 0.2) is 23.2 Å². The lowest BCUT2D eigenvalue weighted by molar-refractivity contribution is 0.168. The van der Waals surface area contributed by atoms with Crippen molar-refractivity contribution in [3.05, 3.63) is 29.0 Å². The molecule has 0 fully saturated rings. The summed E-state index contributed by atoms with van der Waals surface area (Å²) < 4.78 is 23.9. The van der Waals surface area contributed by atoms with Crippen LogP contribution in [-0.4, -0.2) is 24.8 Å². The first kappa shape index (κ1) is 13.9. The Bertz CT molecular complexity index is 482. The number of hydrogen-bond donors (Lipinski definition) is 1. The maximum atomic E-state index is 13.1. The number of amidine groups is 1. The number of benzene rings is 1. The highest BCUT2D eigenvalue weighted by atomic mass is 35.5. The van der Waals surface area contributed by atoms with Gasteiger partial charge < -0.3 is 15.2 Å². The molecule has 0 spiro atoms. The average molecular weight is 287 g/mol. The fourth-order valence-corrected chi connectivity index (χ4v) is 2.07. The SMILES string of the molecule is CC[C@H](C[C@H]1COC(N)=N1)Oc1ccc(F)c(Cl)c1. The van der Waals surface area contributed by atoms with E-state index in [1.165, 1.54) is 12.1 Å². The molecule has 0 unspecified atom stereocenters. The van der Waals surface area contributed by atoms with Gasteiger partial charge in [-0.05, 0) is 18.6 Å². The molecule has 19 heavy (non-hydrogen) atoms. The Morgan fingerprint density at radius 3 is 3.00 bits per heavy atom. The molecule has 0 aliphatic carbocycles. The number of hydrogen-bond acceptors (Lipinski definition) is 4. The Morgan fingerprint density at radius 1 is 1.63 bits per heavy atom. The molecule has 0 saturated carbocycles. The van der Waals surface area contributed by atoms with Crippen molar-refractivity contribution in [1.29, 1.82) is 0 Å². The molecular weight excluding hydrogens is 271 g/mol. The molecule has 104 valence electrons. The number of nitrogens with zero attached hydrogens (tertiary/aromatic N) is 1. The zero-order valence-corrected chi connectivity index (χ0v) is 11.4. The summed E-state index contributed by atoms with van der Waals surface area (Å²) in [5, 5.41) is 0.0545. The molecule has 1 heterocycles. The van der Waals surface area contributed by atoms with Crippen molar-refractivity contribution in [3.8, 4) is 5.75 Å². The topological polar surface area (TPSA) is 56.8 Å². The molecule has 6 heteroatoms. The number of halogens is 2. The van der Waals surface area contributed by atoms with E-state index in [9.17, 15) is 4.39 Å². The van der Waals surface area contributed by atoms with Crippen molar-refractivity contribution in [2.75, 3.05) is 6.61 Å². The van der Waals surface area contributed by atoms with Gasteiger partial charge in [-0.1, -0.05) is 18.5 Å². The number of ether oxygens (including phenoxy) is 2. The van der Waals surface area contributed by atoms with E-state index in [0.29, 0.717) is 18.8 Å². The van der Waals surface area contributed by atoms with E-state index in [4.69, 9.17) is 26.8 Å². The summed E-state index contributed by atoms with van der Waals surface area (Å²) in [7, 11) is 0. The smallest absolute Gasteiger partial charge is 0.282 e. The predicted octanol–water partition coefficient (Wildman–Crippen LogP) is 2.74. The molecule has 2 N–H and O–H groups in total. The highest BCUT2D eigenvalue weighted by Crippen LogP contribution is 2.24. The largest absolute Gasteiger partial charge is 0.490 e. The molecule has 1 aliphatic heterocycles. The maximum Gasteiger partial charge on any atom is 0.282 e. The average Bonchev–Trinajstić information content (AvgIpc) is 2.78. The molecule has 2 rings (SSSR count). The van der Waals surface area contributed by atoms with Crippen LogP contribution < -0.4 is 10.5 Å². The fraction of sp³-hybridized carbons (Fsp3) is 0.462. The Morgan fingerprint density at radius 2 is 2.42 bits per heavy atom. The Balaban J connectivity index is 1.96. The van der Waals surface area contributed by atoms with Gasteiger partial charge in [-0.2, -0.15) is 0 Å². The van der Waals surface area contributed by atoms with Crippen molar-refractivity contribution in [3.63, 3.8) is 0 Å². The minimum absolute atomic E-state index is 0.0147. The van der Waals surface area contributed by atoms with E-state index in [1.54, 1.807) is 6.07 Å². The standard InChI is InChI=1S/C13H16ClFN2O2/c1-2-9(5-8-7-18-13(16)17-8)19-10-3-4-12(15)11(14)6-10/h3-4,6,8-9H,2,5,7H2,1H3,(H2,16,17)/t8-,9+/m0/s1. The molecule has 0 bridgehead atoms. The van der Waals surface area contributed by atoms with Crippen molar-refractivity contribution in [2.24, 2.45) is 10.7 Å². The highest BCUT2D eigenvalue weighted by molar-refractivity contribution is 6.30. The van der Waals surface area contributed by atoms with Crippen molar-refractivity contribution < 1.29 is 13.9 Å². The fourth-order valence-electron chi connectivity index (χ4n) is 1.90. The van der Waals surface area contributed by atoms with Crippen LogP contribution in [-0.2, 0) is 4.74 Å². The van der Waals surface area contributed by atoms with Gasteiger partial charge in [0.2, 0.25) is 0 Å². The molecule has 0 radical (unpaired) electrons. The zero-order chi connectivity index (χ0) is 13.8. The van der Waals surface area contributed by atoms with Gasteiger partial charge in [-0.3, -0.25) is 0 Å². The number of rotatable bonds is 5. The van der Waals surface area contributed by atoms with E-state index in [0.717, 1.165) is 6.42 Å². The summed E-state index contributed by atoms with van der Waals surface area (Å²) in [5.41, 5.74) is 5.46. The third-order valence-electron chi connectivity index (χ3n) is 2.92. The Kier molecular flexibility index (Phi) is 4.47. The van der Waals surface area contributed by atoms with Crippen LogP contribution in [0.25, 0.3) is 0 Å². The van der Waals surface area contributed by atoms with Crippen LogP contribution in [0.1, 0.15) is 19.8 Å². The Labute approximate surface area is 116 Å². The van der Waals surface area contributed by atoms with Crippen molar-refractivity contribution in [2.45, 2.75) is 31.9 Å². The summed E-state index contributed by atoms with van der Waals surface area (Å²) in [5.74, 6) is 0.0951. The minimum Gasteiger partial charge on any atom is -0.490 e. The quantitative estimate of drug-likeness (QED) is 0.905. The summed E-state index contributed by atoms with van der Waals surface area (Å²) in [6.07, 6.45) is 1.47. The van der Waals surface area contributed by atoms with Gasteiger partial charge in [0.15, 0.2) is 0 Å². The second kappa shape index (κ2) is 6.10. The maximum absolute atomic E-state index is 13.1. The monoisotopic (exact) mass is 286 g/mol. The highest BCUT2D eigenvalue weighted by Gasteiger charge is 2.22.